The SMILES string of the molecule is CCCC1(O)CN(Cc2ccncc2)C1. The number of β-amino-alcohol motifs (C(OH)–C–C–N with tert-alkyl or cyclic N) is 1. The lowest BCUT2D eigenvalue weighted by Gasteiger charge is -2.46. The van der Waals surface area contributed by atoms with E-state index in [9.17, 15) is 5.11 Å². The van der Waals surface area contributed by atoms with Gasteiger partial charge in [-0.2, -0.15) is 0 Å². The highest BCUT2D eigenvalue weighted by Crippen LogP contribution is 2.26. The lowest BCUT2D eigenvalue weighted by molar-refractivity contribution is -0.106. The first-order valence-corrected chi connectivity index (χ1v) is 5.55. The van der Waals surface area contributed by atoms with E-state index in [1.165, 1.54) is 5.56 Å². The molecule has 0 atom stereocenters. The summed E-state index contributed by atoms with van der Waals surface area (Å²) < 4.78 is 0. The minimum atomic E-state index is -0.415. The summed E-state index contributed by atoms with van der Waals surface area (Å²) in [5.74, 6) is 0. The molecule has 1 N–H and O–H groups in total. The second-order valence-electron chi connectivity index (χ2n) is 4.47. The summed E-state index contributed by atoms with van der Waals surface area (Å²) >= 11 is 0. The Labute approximate surface area is 90.8 Å². The number of pyridine rings is 1. The summed E-state index contributed by atoms with van der Waals surface area (Å²) in [5, 5.41) is 10.0. The van der Waals surface area contributed by atoms with Crippen LogP contribution in [0.4, 0.5) is 0 Å². The molecule has 2 heterocycles. The van der Waals surface area contributed by atoms with Gasteiger partial charge in [0.15, 0.2) is 0 Å². The van der Waals surface area contributed by atoms with Crippen molar-refractivity contribution in [2.24, 2.45) is 0 Å². The molecule has 15 heavy (non-hydrogen) atoms. The molecule has 1 saturated heterocycles. The van der Waals surface area contributed by atoms with E-state index in [2.05, 4.69) is 16.8 Å². The van der Waals surface area contributed by atoms with E-state index >= 15 is 0 Å². The Morgan fingerprint density at radius 1 is 1.40 bits per heavy atom. The Morgan fingerprint density at radius 3 is 2.67 bits per heavy atom. The standard InChI is InChI=1S/C12H18N2O/c1-2-5-12(15)9-14(10-12)8-11-3-6-13-7-4-11/h3-4,6-7,15H,2,5,8-10H2,1H3. The largest absolute Gasteiger partial charge is 0.387 e. The Kier molecular flexibility index (Phi) is 3.03. The van der Waals surface area contributed by atoms with E-state index in [0.29, 0.717) is 0 Å². The van der Waals surface area contributed by atoms with Crippen LogP contribution in [0.3, 0.4) is 0 Å². The van der Waals surface area contributed by atoms with Crippen LogP contribution in [0.2, 0.25) is 0 Å². The highest BCUT2D eigenvalue weighted by Gasteiger charge is 2.39. The Balaban J connectivity index is 1.81. The molecule has 0 bridgehead atoms. The second kappa shape index (κ2) is 4.29. The monoisotopic (exact) mass is 206 g/mol. The molecule has 1 aliphatic heterocycles. The topological polar surface area (TPSA) is 36.4 Å². The fourth-order valence-corrected chi connectivity index (χ4v) is 2.27. The smallest absolute Gasteiger partial charge is 0.0900 e. The molecule has 0 radical (unpaired) electrons. The molecule has 0 amide bonds. The van der Waals surface area contributed by atoms with Gasteiger partial charge in [0.05, 0.1) is 5.60 Å². The minimum absolute atomic E-state index is 0.415. The van der Waals surface area contributed by atoms with Crippen molar-refractivity contribution in [3.8, 4) is 0 Å². The highest BCUT2D eigenvalue weighted by molar-refractivity contribution is 5.11. The number of hydrogen-bond acceptors (Lipinski definition) is 3. The van der Waals surface area contributed by atoms with Gasteiger partial charge in [-0.3, -0.25) is 9.88 Å². The normalized spacial score (nSPS) is 19.9. The molecule has 1 aromatic rings. The fourth-order valence-electron chi connectivity index (χ4n) is 2.27. The van der Waals surface area contributed by atoms with E-state index in [0.717, 1.165) is 32.5 Å². The quantitative estimate of drug-likeness (QED) is 0.809. The van der Waals surface area contributed by atoms with Gasteiger partial charge in [-0.1, -0.05) is 13.3 Å². The molecule has 0 aliphatic carbocycles. The summed E-state index contributed by atoms with van der Waals surface area (Å²) in [6.45, 7) is 4.66. The van der Waals surface area contributed by atoms with Crippen molar-refractivity contribution in [2.75, 3.05) is 13.1 Å². The summed E-state index contributed by atoms with van der Waals surface area (Å²) in [6, 6.07) is 4.05. The maximum Gasteiger partial charge on any atom is 0.0900 e. The molecular weight excluding hydrogens is 188 g/mol. The molecule has 0 saturated carbocycles. The van der Waals surface area contributed by atoms with Gasteiger partial charge in [0, 0.05) is 32.0 Å². The third-order valence-corrected chi connectivity index (χ3v) is 2.91. The van der Waals surface area contributed by atoms with Crippen molar-refractivity contribution in [1.29, 1.82) is 0 Å². The summed E-state index contributed by atoms with van der Waals surface area (Å²) in [6.07, 6.45) is 5.60. The number of nitrogens with zero attached hydrogens (tertiary/aromatic N) is 2. The van der Waals surface area contributed by atoms with Crippen LogP contribution in [0, 0.1) is 0 Å². The summed E-state index contributed by atoms with van der Waals surface area (Å²) in [5.41, 5.74) is 0.852. The van der Waals surface area contributed by atoms with Crippen molar-refractivity contribution >= 4 is 0 Å². The van der Waals surface area contributed by atoms with Crippen molar-refractivity contribution in [3.63, 3.8) is 0 Å². The van der Waals surface area contributed by atoms with Gasteiger partial charge in [0.2, 0.25) is 0 Å². The molecule has 0 unspecified atom stereocenters. The Hall–Kier alpha value is -0.930. The molecule has 0 spiro atoms. The third kappa shape index (κ3) is 2.55. The van der Waals surface area contributed by atoms with Crippen molar-refractivity contribution in [2.45, 2.75) is 31.9 Å². The lowest BCUT2D eigenvalue weighted by atomic mass is 9.89. The zero-order valence-corrected chi connectivity index (χ0v) is 9.19. The van der Waals surface area contributed by atoms with Gasteiger partial charge in [0.1, 0.15) is 0 Å². The lowest BCUT2D eigenvalue weighted by Crippen LogP contribution is -2.60. The van der Waals surface area contributed by atoms with Gasteiger partial charge in [-0.15, -0.1) is 0 Å². The fraction of sp³-hybridized carbons (Fsp3) is 0.583. The average molecular weight is 206 g/mol. The van der Waals surface area contributed by atoms with Gasteiger partial charge in [-0.25, -0.2) is 0 Å². The van der Waals surface area contributed by atoms with E-state index in [-0.39, 0.29) is 0 Å². The van der Waals surface area contributed by atoms with E-state index in [4.69, 9.17) is 0 Å². The predicted octanol–water partition coefficient (Wildman–Crippen LogP) is 1.43. The van der Waals surface area contributed by atoms with Gasteiger partial charge >= 0.3 is 0 Å². The first-order chi connectivity index (χ1) is 7.22. The van der Waals surface area contributed by atoms with E-state index < -0.39 is 5.60 Å². The average Bonchev–Trinajstić information content (AvgIpc) is 2.17. The highest BCUT2D eigenvalue weighted by atomic mass is 16.3. The summed E-state index contributed by atoms with van der Waals surface area (Å²) in [7, 11) is 0. The maximum absolute atomic E-state index is 10.0. The number of rotatable bonds is 4. The molecule has 3 nitrogen and oxygen atoms in total. The zero-order chi connectivity index (χ0) is 10.7. The number of aliphatic hydroxyl groups is 1. The molecule has 1 aromatic heterocycles. The number of hydrogen-bond donors (Lipinski definition) is 1. The first-order valence-electron chi connectivity index (χ1n) is 5.55. The molecule has 3 heteroatoms. The Morgan fingerprint density at radius 2 is 2.07 bits per heavy atom. The van der Waals surface area contributed by atoms with Crippen molar-refractivity contribution in [1.82, 2.24) is 9.88 Å². The molecule has 82 valence electrons. The van der Waals surface area contributed by atoms with E-state index in [1.807, 2.05) is 24.5 Å². The van der Waals surface area contributed by atoms with E-state index in [1.54, 1.807) is 0 Å². The second-order valence-corrected chi connectivity index (χ2v) is 4.47. The van der Waals surface area contributed by atoms with Crippen LogP contribution < -0.4 is 0 Å². The molecule has 1 fully saturated rings. The van der Waals surface area contributed by atoms with Crippen LogP contribution in [-0.4, -0.2) is 33.7 Å². The summed E-state index contributed by atoms with van der Waals surface area (Å²) in [4.78, 5) is 6.26. The van der Waals surface area contributed by atoms with Gasteiger partial charge < -0.3 is 5.11 Å². The van der Waals surface area contributed by atoms with Crippen LogP contribution in [0.1, 0.15) is 25.3 Å². The predicted molar refractivity (Wildman–Crippen MR) is 59.4 cm³/mol. The molecule has 0 aromatic carbocycles. The zero-order valence-electron chi connectivity index (χ0n) is 9.19. The van der Waals surface area contributed by atoms with Crippen molar-refractivity contribution < 1.29 is 5.11 Å². The van der Waals surface area contributed by atoms with Crippen molar-refractivity contribution in [3.05, 3.63) is 30.1 Å². The van der Waals surface area contributed by atoms with Crippen LogP contribution >= 0.6 is 0 Å². The van der Waals surface area contributed by atoms with Gasteiger partial charge in [-0.05, 0) is 24.1 Å². The number of aromatic nitrogens is 1. The molecular formula is C12H18N2O. The molecule has 1 aliphatic rings. The van der Waals surface area contributed by atoms with Crippen LogP contribution in [0.25, 0.3) is 0 Å². The van der Waals surface area contributed by atoms with Crippen LogP contribution in [-0.2, 0) is 6.54 Å². The third-order valence-electron chi connectivity index (χ3n) is 2.91. The molecule has 2 rings (SSSR count). The Bertz CT molecular complexity index is 307. The minimum Gasteiger partial charge on any atom is -0.387 e. The number of likely N-dealkylation sites (tertiary alicyclic amines) is 1. The van der Waals surface area contributed by atoms with Crippen LogP contribution in [0.5, 0.6) is 0 Å². The van der Waals surface area contributed by atoms with Gasteiger partial charge in [0.25, 0.3) is 0 Å². The van der Waals surface area contributed by atoms with Crippen LogP contribution in [0.15, 0.2) is 24.5 Å². The first kappa shape index (κ1) is 10.6. The maximum atomic E-state index is 10.0.